The van der Waals surface area contributed by atoms with E-state index in [4.69, 9.17) is 5.73 Å². The summed E-state index contributed by atoms with van der Waals surface area (Å²) in [6.07, 6.45) is 0. The number of hydrogen-bond donors (Lipinski definition) is 2. The molecule has 0 amide bonds. The third kappa shape index (κ3) is 5.25. The highest BCUT2D eigenvalue weighted by atomic mass is 32.1. The molecule has 4 rings (SSSR count). The van der Waals surface area contributed by atoms with Crippen molar-refractivity contribution in [3.05, 3.63) is 120 Å². The molecular formula is C23H20F2N2O2S. The van der Waals surface area contributed by atoms with Crippen LogP contribution in [0.15, 0.2) is 81.7 Å². The van der Waals surface area contributed by atoms with Gasteiger partial charge in [0.2, 0.25) is 10.9 Å². The summed E-state index contributed by atoms with van der Waals surface area (Å²) in [7, 11) is 0. The van der Waals surface area contributed by atoms with Crippen molar-refractivity contribution in [2.75, 3.05) is 5.73 Å². The van der Waals surface area contributed by atoms with Gasteiger partial charge in [-0.1, -0.05) is 24.3 Å². The van der Waals surface area contributed by atoms with Crippen LogP contribution in [0.4, 0.5) is 14.5 Å². The van der Waals surface area contributed by atoms with Gasteiger partial charge in [-0.25, -0.2) is 8.78 Å². The van der Waals surface area contributed by atoms with E-state index in [0.717, 1.165) is 16.5 Å². The average Bonchev–Trinajstić information content (AvgIpc) is 3.27. The van der Waals surface area contributed by atoms with Gasteiger partial charge in [-0.3, -0.25) is 14.9 Å². The SMILES string of the molecule is CC(NC(c1cccc(N)c1)c1cccs1)c1ccc(F)c(F)c1.O=c1ccc1=O. The summed E-state index contributed by atoms with van der Waals surface area (Å²) in [5.74, 6) is -1.67. The summed E-state index contributed by atoms with van der Waals surface area (Å²) in [6, 6.07) is 18.0. The maximum atomic E-state index is 13.5. The van der Waals surface area contributed by atoms with Gasteiger partial charge in [-0.2, -0.15) is 0 Å². The number of hydrogen-bond acceptors (Lipinski definition) is 5. The molecule has 2 atom stereocenters. The zero-order valence-corrected chi connectivity index (χ0v) is 17.0. The van der Waals surface area contributed by atoms with Crippen molar-refractivity contribution in [1.82, 2.24) is 5.32 Å². The van der Waals surface area contributed by atoms with Crippen molar-refractivity contribution >= 4 is 17.0 Å². The van der Waals surface area contributed by atoms with Gasteiger partial charge in [-0.05, 0) is 65.9 Å². The molecule has 1 heterocycles. The third-order valence-corrected chi connectivity index (χ3v) is 5.50. The topological polar surface area (TPSA) is 72.2 Å². The molecule has 0 saturated carbocycles. The maximum absolute atomic E-state index is 13.5. The highest BCUT2D eigenvalue weighted by Crippen LogP contribution is 2.30. The highest BCUT2D eigenvalue weighted by Gasteiger charge is 2.19. The smallest absolute Gasteiger partial charge is 0.225 e. The van der Waals surface area contributed by atoms with Gasteiger partial charge < -0.3 is 5.73 Å². The van der Waals surface area contributed by atoms with E-state index < -0.39 is 11.6 Å². The first kappa shape index (κ1) is 21.5. The molecule has 0 radical (unpaired) electrons. The van der Waals surface area contributed by atoms with Crippen LogP contribution in [0.1, 0.15) is 35.0 Å². The second kappa shape index (κ2) is 9.56. The predicted molar refractivity (Wildman–Crippen MR) is 116 cm³/mol. The average molecular weight is 426 g/mol. The van der Waals surface area contributed by atoms with Crippen LogP contribution in [0.25, 0.3) is 0 Å². The van der Waals surface area contributed by atoms with Crippen LogP contribution in [0, 0.1) is 11.6 Å². The van der Waals surface area contributed by atoms with Crippen LogP contribution in [-0.2, 0) is 0 Å². The molecule has 0 aliphatic carbocycles. The monoisotopic (exact) mass is 426 g/mol. The number of anilines is 1. The van der Waals surface area contributed by atoms with Crippen molar-refractivity contribution in [2.45, 2.75) is 19.0 Å². The van der Waals surface area contributed by atoms with Crippen LogP contribution >= 0.6 is 11.3 Å². The minimum atomic E-state index is -0.836. The Morgan fingerprint density at radius 2 is 1.60 bits per heavy atom. The van der Waals surface area contributed by atoms with Crippen molar-refractivity contribution in [3.63, 3.8) is 0 Å². The molecule has 0 aliphatic rings. The molecular weight excluding hydrogens is 406 g/mol. The summed E-state index contributed by atoms with van der Waals surface area (Å²) < 4.78 is 26.7. The summed E-state index contributed by atoms with van der Waals surface area (Å²) >= 11 is 1.64. The van der Waals surface area contributed by atoms with E-state index in [1.54, 1.807) is 17.4 Å². The van der Waals surface area contributed by atoms with Crippen molar-refractivity contribution in [2.24, 2.45) is 0 Å². The minimum Gasteiger partial charge on any atom is -0.399 e. The summed E-state index contributed by atoms with van der Waals surface area (Å²) in [6.45, 7) is 1.93. The number of halogens is 2. The molecule has 0 aliphatic heterocycles. The Kier molecular flexibility index (Phi) is 6.87. The number of rotatable bonds is 5. The molecule has 0 spiro atoms. The summed E-state index contributed by atoms with van der Waals surface area (Å²) in [5, 5.41) is 5.50. The molecule has 4 nitrogen and oxygen atoms in total. The zero-order valence-electron chi connectivity index (χ0n) is 16.1. The normalized spacial score (nSPS) is 12.8. The van der Waals surface area contributed by atoms with Gasteiger partial charge in [0.1, 0.15) is 0 Å². The molecule has 7 heteroatoms. The van der Waals surface area contributed by atoms with Gasteiger partial charge >= 0.3 is 0 Å². The minimum absolute atomic E-state index is 0.0726. The largest absolute Gasteiger partial charge is 0.399 e. The van der Waals surface area contributed by atoms with Gasteiger partial charge in [-0.15, -0.1) is 11.3 Å². The lowest BCUT2D eigenvalue weighted by Gasteiger charge is -2.24. The number of benzene rings is 2. The van der Waals surface area contributed by atoms with Gasteiger partial charge in [0.25, 0.3) is 0 Å². The molecule has 0 fully saturated rings. The van der Waals surface area contributed by atoms with E-state index in [1.807, 2.05) is 48.7 Å². The highest BCUT2D eigenvalue weighted by molar-refractivity contribution is 7.10. The Morgan fingerprint density at radius 3 is 2.13 bits per heavy atom. The quantitative estimate of drug-likeness (QED) is 0.368. The van der Waals surface area contributed by atoms with Crippen LogP contribution in [0.2, 0.25) is 0 Å². The molecule has 1 aromatic heterocycles. The Balaban J connectivity index is 0.000000367. The fraction of sp³-hybridized carbons (Fsp3) is 0.130. The molecule has 30 heavy (non-hydrogen) atoms. The van der Waals surface area contributed by atoms with Crippen molar-refractivity contribution in [3.8, 4) is 0 Å². The first-order valence-corrected chi connectivity index (χ1v) is 10.1. The Labute approximate surface area is 176 Å². The molecule has 3 aromatic carbocycles. The molecule has 0 saturated heterocycles. The van der Waals surface area contributed by atoms with E-state index in [9.17, 15) is 18.4 Å². The van der Waals surface area contributed by atoms with Crippen LogP contribution in [0.5, 0.6) is 0 Å². The molecule has 0 bridgehead atoms. The Bertz CT molecular complexity index is 1160. The standard InChI is InChI=1S/C19H18F2N2S.C4H2O2/c1-12(13-7-8-16(20)17(21)11-13)23-19(18-6-3-9-24-18)14-4-2-5-15(22)10-14;5-3-1-2-4(3)6/h2-12,19,23H,22H2,1H3;1-2H. The second-order valence-electron chi connectivity index (χ2n) is 6.74. The second-order valence-corrected chi connectivity index (χ2v) is 7.72. The van der Waals surface area contributed by atoms with E-state index in [-0.39, 0.29) is 22.9 Å². The van der Waals surface area contributed by atoms with E-state index >= 15 is 0 Å². The van der Waals surface area contributed by atoms with E-state index in [1.165, 1.54) is 18.2 Å². The Hall–Kier alpha value is -3.16. The lowest BCUT2D eigenvalue weighted by Crippen LogP contribution is -2.26. The fourth-order valence-electron chi connectivity index (χ4n) is 2.88. The van der Waals surface area contributed by atoms with Gasteiger partial charge in [0.05, 0.1) is 6.04 Å². The van der Waals surface area contributed by atoms with E-state index in [2.05, 4.69) is 5.32 Å². The molecule has 154 valence electrons. The first-order chi connectivity index (χ1) is 14.3. The van der Waals surface area contributed by atoms with Crippen LogP contribution < -0.4 is 21.9 Å². The number of thiophene rings is 1. The molecule has 4 aromatic rings. The van der Waals surface area contributed by atoms with Gasteiger partial charge in [0.15, 0.2) is 11.6 Å². The lowest BCUT2D eigenvalue weighted by atomic mass is 10.0. The number of nitrogens with one attached hydrogen (secondary N) is 1. The van der Waals surface area contributed by atoms with Crippen LogP contribution in [0.3, 0.4) is 0 Å². The third-order valence-electron chi connectivity index (χ3n) is 4.56. The van der Waals surface area contributed by atoms with Crippen LogP contribution in [-0.4, -0.2) is 0 Å². The summed E-state index contributed by atoms with van der Waals surface area (Å²) in [5.41, 5.74) is 7.57. The van der Waals surface area contributed by atoms with Crippen molar-refractivity contribution in [1.29, 1.82) is 0 Å². The van der Waals surface area contributed by atoms with Crippen molar-refractivity contribution < 1.29 is 8.78 Å². The maximum Gasteiger partial charge on any atom is 0.225 e. The number of nitrogens with two attached hydrogens (primary N) is 1. The fourth-order valence-corrected chi connectivity index (χ4v) is 3.70. The van der Waals surface area contributed by atoms with Gasteiger partial charge in [0, 0.05) is 16.6 Å². The Morgan fingerprint density at radius 1 is 0.867 bits per heavy atom. The molecule has 3 N–H and O–H groups in total. The number of nitrogen functional groups attached to an aromatic ring is 1. The predicted octanol–water partition coefficient (Wildman–Crippen LogP) is 4.33. The molecule has 2 unspecified atom stereocenters. The zero-order chi connectivity index (χ0) is 21.7. The first-order valence-electron chi connectivity index (χ1n) is 9.21. The lowest BCUT2D eigenvalue weighted by molar-refractivity contribution is 0.492. The summed E-state index contributed by atoms with van der Waals surface area (Å²) in [4.78, 5) is 20.7. The van der Waals surface area contributed by atoms with E-state index in [0.29, 0.717) is 11.3 Å².